The average molecular weight is 307 g/mol. The molecule has 1 heterocycles. The van der Waals surface area contributed by atoms with Gasteiger partial charge in [0.05, 0.1) is 16.4 Å². The highest BCUT2D eigenvalue weighted by atomic mass is 35.5. The molecule has 2 aromatic rings. The highest BCUT2D eigenvalue weighted by molar-refractivity contribution is 6.31. The van der Waals surface area contributed by atoms with Crippen LogP contribution in [0.1, 0.15) is 30.8 Å². The Labute approximate surface area is 129 Å². The minimum Gasteiger partial charge on any atom is -0.487 e. The van der Waals surface area contributed by atoms with Crippen molar-refractivity contribution in [2.75, 3.05) is 0 Å². The number of hydrogen-bond acceptors (Lipinski definition) is 3. The lowest BCUT2D eigenvalue weighted by Crippen LogP contribution is -2.10. The van der Waals surface area contributed by atoms with E-state index in [0.717, 1.165) is 24.4 Å². The minimum absolute atomic E-state index is 0.0428. The van der Waals surface area contributed by atoms with Gasteiger partial charge in [-0.25, -0.2) is 0 Å². The van der Waals surface area contributed by atoms with Gasteiger partial charge in [0.25, 0.3) is 0 Å². The zero-order valence-electron chi connectivity index (χ0n) is 12.2. The molecule has 0 saturated carbocycles. The quantitative estimate of drug-likeness (QED) is 0.636. The van der Waals surface area contributed by atoms with Crippen molar-refractivity contribution in [3.8, 4) is 5.75 Å². The summed E-state index contributed by atoms with van der Waals surface area (Å²) < 4.78 is 7.62. The van der Waals surface area contributed by atoms with Gasteiger partial charge in [-0.05, 0) is 37.6 Å². The fraction of sp³-hybridized carbons (Fsp3) is 0.333. The number of benzene rings is 1. The molecule has 0 bridgehead atoms. The van der Waals surface area contributed by atoms with Gasteiger partial charge in [-0.15, -0.1) is 0 Å². The van der Waals surface area contributed by atoms with Crippen LogP contribution in [0, 0.1) is 5.41 Å². The number of aromatic nitrogens is 2. The molecule has 0 amide bonds. The number of rotatable bonds is 6. The Morgan fingerprint density at radius 1 is 1.33 bits per heavy atom. The van der Waals surface area contributed by atoms with Crippen molar-refractivity contribution in [2.45, 2.75) is 33.4 Å². The number of nitrogens with one attached hydrogen (secondary N) is 1. The molecule has 1 aromatic carbocycles. The predicted molar refractivity (Wildman–Crippen MR) is 84.1 cm³/mol. The minimum atomic E-state index is 0.0428. The third-order valence-electron chi connectivity index (χ3n) is 3.24. The largest absolute Gasteiger partial charge is 0.487 e. The Bertz CT molecular complexity index is 634. The Balaban J connectivity index is 2.12. The Kier molecular flexibility index (Phi) is 4.85. The van der Waals surface area contributed by atoms with E-state index in [2.05, 4.69) is 5.10 Å². The van der Waals surface area contributed by atoms with Crippen molar-refractivity contribution in [3.63, 3.8) is 0 Å². The molecule has 0 atom stereocenters. The van der Waals surface area contributed by atoms with Gasteiger partial charge in [0.2, 0.25) is 0 Å². The van der Waals surface area contributed by atoms with Crippen LogP contribution in [0.4, 0.5) is 0 Å². The molecule has 0 unspecified atom stereocenters. The molecule has 3 N–H and O–H groups in total. The maximum atomic E-state index is 7.36. The first kappa shape index (κ1) is 15.4. The highest BCUT2D eigenvalue weighted by Gasteiger charge is 2.14. The van der Waals surface area contributed by atoms with Crippen molar-refractivity contribution in [3.05, 3.63) is 46.2 Å². The number of ether oxygens (including phenoxy) is 1. The molecule has 0 saturated heterocycles. The zero-order chi connectivity index (χ0) is 15.4. The van der Waals surface area contributed by atoms with Crippen LogP contribution in [0.3, 0.4) is 0 Å². The van der Waals surface area contributed by atoms with Crippen LogP contribution in [0.2, 0.25) is 5.02 Å². The van der Waals surface area contributed by atoms with E-state index >= 15 is 0 Å². The molecule has 0 spiro atoms. The third kappa shape index (κ3) is 3.36. The fourth-order valence-electron chi connectivity index (χ4n) is 2.04. The van der Waals surface area contributed by atoms with Crippen LogP contribution in [-0.2, 0) is 19.6 Å². The van der Waals surface area contributed by atoms with E-state index in [1.807, 2.05) is 18.5 Å². The van der Waals surface area contributed by atoms with Crippen molar-refractivity contribution >= 4 is 17.4 Å². The van der Waals surface area contributed by atoms with Crippen LogP contribution in [0.5, 0.6) is 5.75 Å². The lowest BCUT2D eigenvalue weighted by molar-refractivity contribution is 0.292. The normalized spacial score (nSPS) is 10.6. The van der Waals surface area contributed by atoms with Crippen molar-refractivity contribution < 1.29 is 4.74 Å². The standard InChI is InChI=1S/C15H19ClN4O/c1-3-12-14(16)13(20(4-2)19-12)9-21-11-7-5-10(6-8-11)15(17)18/h5-8H,3-4,9H2,1-2H3,(H3,17,18). The lowest BCUT2D eigenvalue weighted by Gasteiger charge is -2.09. The molecule has 1 aromatic heterocycles. The first-order valence-electron chi connectivity index (χ1n) is 6.88. The maximum Gasteiger partial charge on any atom is 0.131 e. The van der Waals surface area contributed by atoms with Crippen LogP contribution in [0.25, 0.3) is 0 Å². The van der Waals surface area contributed by atoms with E-state index in [1.54, 1.807) is 24.3 Å². The van der Waals surface area contributed by atoms with Gasteiger partial charge < -0.3 is 10.5 Å². The van der Waals surface area contributed by atoms with Gasteiger partial charge in [-0.2, -0.15) is 5.10 Å². The molecule has 0 aliphatic rings. The number of nitrogens with two attached hydrogens (primary N) is 1. The number of nitrogen functional groups attached to an aromatic ring is 1. The van der Waals surface area contributed by atoms with Crippen LogP contribution in [-0.4, -0.2) is 15.6 Å². The van der Waals surface area contributed by atoms with Gasteiger partial charge >= 0.3 is 0 Å². The van der Waals surface area contributed by atoms with E-state index in [-0.39, 0.29) is 5.84 Å². The highest BCUT2D eigenvalue weighted by Crippen LogP contribution is 2.23. The Hall–Kier alpha value is -2.01. The van der Waals surface area contributed by atoms with Crippen LogP contribution in [0.15, 0.2) is 24.3 Å². The molecule has 0 fully saturated rings. The summed E-state index contributed by atoms with van der Waals surface area (Å²) in [7, 11) is 0. The summed E-state index contributed by atoms with van der Waals surface area (Å²) in [6.07, 6.45) is 0.798. The van der Waals surface area contributed by atoms with Gasteiger partial charge in [0.15, 0.2) is 0 Å². The smallest absolute Gasteiger partial charge is 0.131 e. The molecule has 112 valence electrons. The van der Waals surface area contributed by atoms with Crippen LogP contribution < -0.4 is 10.5 Å². The summed E-state index contributed by atoms with van der Waals surface area (Å²) in [4.78, 5) is 0. The zero-order valence-corrected chi connectivity index (χ0v) is 12.9. The number of hydrogen-bond donors (Lipinski definition) is 2. The molecule has 2 rings (SSSR count). The van der Waals surface area contributed by atoms with Crippen molar-refractivity contribution in [1.82, 2.24) is 9.78 Å². The van der Waals surface area contributed by atoms with Crippen molar-refractivity contribution in [1.29, 1.82) is 5.41 Å². The monoisotopic (exact) mass is 306 g/mol. The average Bonchev–Trinajstić information content (AvgIpc) is 2.81. The Morgan fingerprint density at radius 3 is 2.52 bits per heavy atom. The van der Waals surface area contributed by atoms with Gasteiger partial charge in [0, 0.05) is 12.1 Å². The van der Waals surface area contributed by atoms with E-state index in [0.29, 0.717) is 22.9 Å². The Morgan fingerprint density at radius 2 is 2.00 bits per heavy atom. The van der Waals surface area contributed by atoms with E-state index < -0.39 is 0 Å². The first-order chi connectivity index (χ1) is 10.1. The number of amidine groups is 1. The predicted octanol–water partition coefficient (Wildman–Crippen LogP) is 2.98. The first-order valence-corrected chi connectivity index (χ1v) is 7.25. The summed E-state index contributed by atoms with van der Waals surface area (Å²) in [6.45, 7) is 5.16. The topological polar surface area (TPSA) is 76.9 Å². The molecule has 5 nitrogen and oxygen atoms in total. The molecule has 6 heteroatoms. The number of halogens is 1. The van der Waals surface area contributed by atoms with Gasteiger partial charge in [-0.3, -0.25) is 10.1 Å². The summed E-state index contributed by atoms with van der Waals surface area (Å²) in [6, 6.07) is 7.10. The summed E-state index contributed by atoms with van der Waals surface area (Å²) in [5, 5.41) is 12.5. The molecule has 0 radical (unpaired) electrons. The van der Waals surface area contributed by atoms with E-state index in [1.165, 1.54) is 0 Å². The number of nitrogens with zero attached hydrogens (tertiary/aromatic N) is 2. The summed E-state index contributed by atoms with van der Waals surface area (Å²) in [5.41, 5.74) is 7.87. The molecule has 0 aliphatic carbocycles. The number of aryl methyl sites for hydroxylation is 2. The SMILES string of the molecule is CCc1nn(CC)c(COc2ccc(C(=N)N)cc2)c1Cl. The summed E-state index contributed by atoms with van der Waals surface area (Å²) in [5.74, 6) is 0.749. The van der Waals surface area contributed by atoms with Crippen LogP contribution >= 0.6 is 11.6 Å². The summed E-state index contributed by atoms with van der Waals surface area (Å²) >= 11 is 6.33. The second-order valence-corrected chi connectivity index (χ2v) is 4.98. The van der Waals surface area contributed by atoms with Crippen molar-refractivity contribution in [2.24, 2.45) is 5.73 Å². The van der Waals surface area contributed by atoms with Gasteiger partial charge in [0.1, 0.15) is 18.2 Å². The fourth-order valence-corrected chi connectivity index (χ4v) is 2.36. The third-order valence-corrected chi connectivity index (χ3v) is 3.67. The molecule has 21 heavy (non-hydrogen) atoms. The van der Waals surface area contributed by atoms with E-state index in [4.69, 9.17) is 27.5 Å². The second-order valence-electron chi connectivity index (χ2n) is 4.60. The lowest BCUT2D eigenvalue weighted by atomic mass is 10.2. The second kappa shape index (κ2) is 6.63. The van der Waals surface area contributed by atoms with E-state index in [9.17, 15) is 0 Å². The molecular weight excluding hydrogens is 288 g/mol. The molecule has 0 aliphatic heterocycles. The molecular formula is C15H19ClN4O. The maximum absolute atomic E-state index is 7.36. The van der Waals surface area contributed by atoms with Gasteiger partial charge in [-0.1, -0.05) is 18.5 Å².